The number of carbonyl (C=O) groups excluding carboxylic acids is 1. The van der Waals surface area contributed by atoms with Crippen molar-refractivity contribution in [2.24, 2.45) is 0 Å². The van der Waals surface area contributed by atoms with Gasteiger partial charge in [-0.1, -0.05) is 11.8 Å². The molecular weight excluding hydrogens is 120 g/mol. The average Bonchev–Trinajstić information content (AvgIpc) is 1.66. The Hall–Kier alpha value is -0.573. The van der Waals surface area contributed by atoms with Crippen LogP contribution in [0.15, 0.2) is 11.8 Å². The molecule has 0 rings (SSSR count). The van der Waals surface area contributed by atoms with Crippen molar-refractivity contribution in [2.45, 2.75) is 13.8 Å². The van der Waals surface area contributed by atoms with Gasteiger partial charge >= 0.3 is 9.76 Å². The smallest absolute Gasteiger partial charge is 0.346 e. The van der Waals surface area contributed by atoms with E-state index in [-0.39, 0.29) is 15.7 Å². The average molecular weight is 128 g/mol. The molecule has 3 heteroatoms. The molecule has 0 atom stereocenters. The summed E-state index contributed by atoms with van der Waals surface area (Å²) in [7, 11) is 0.182. The molecule has 0 fully saturated rings. The molecule has 0 aromatic carbocycles. The Morgan fingerprint density at radius 2 is 2.38 bits per heavy atom. The lowest BCUT2D eigenvalue weighted by molar-refractivity contribution is -0.131. The normalized spacial score (nSPS) is 9.75. The molecule has 0 aliphatic rings. The van der Waals surface area contributed by atoms with Crippen molar-refractivity contribution in [3.8, 4) is 0 Å². The Bertz CT molecular complexity index is 98.6. The second-order valence-electron chi connectivity index (χ2n) is 1.21. The van der Waals surface area contributed by atoms with Crippen molar-refractivity contribution in [1.29, 1.82) is 0 Å². The van der Waals surface area contributed by atoms with Crippen LogP contribution in [-0.4, -0.2) is 15.7 Å². The van der Waals surface area contributed by atoms with Crippen LogP contribution in [0.3, 0.4) is 0 Å². The quantitative estimate of drug-likeness (QED) is 0.512. The molecule has 0 N–H and O–H groups in total. The maximum Gasteiger partial charge on any atom is 0.346 e. The highest BCUT2D eigenvalue weighted by Gasteiger charge is 1.87. The van der Waals surface area contributed by atoms with E-state index in [2.05, 4.69) is 4.43 Å². The Morgan fingerprint density at radius 1 is 1.75 bits per heavy atom. The summed E-state index contributed by atoms with van der Waals surface area (Å²) in [6.07, 6.45) is 1.85. The second-order valence-corrected chi connectivity index (χ2v) is 1.98. The Labute approximate surface area is 51.5 Å². The predicted octanol–water partition coefficient (Wildman–Crippen LogP) is 0.702. The van der Waals surface area contributed by atoms with E-state index in [4.69, 9.17) is 0 Å². The Kier molecular flexibility index (Phi) is 4.25. The zero-order chi connectivity index (χ0) is 6.41. The lowest BCUT2D eigenvalue weighted by atomic mass is 10.8. The van der Waals surface area contributed by atoms with Crippen LogP contribution < -0.4 is 0 Å². The molecule has 0 unspecified atom stereocenters. The topological polar surface area (TPSA) is 26.3 Å². The summed E-state index contributed by atoms with van der Waals surface area (Å²) in [5.74, 6) is -0.221. The van der Waals surface area contributed by atoms with Crippen molar-refractivity contribution >= 4 is 15.7 Å². The van der Waals surface area contributed by atoms with E-state index in [0.29, 0.717) is 0 Å². The van der Waals surface area contributed by atoms with Crippen LogP contribution in [0, 0.1) is 0 Å². The highest BCUT2D eigenvalue weighted by atomic mass is 28.2. The van der Waals surface area contributed by atoms with Crippen molar-refractivity contribution in [3.63, 3.8) is 0 Å². The van der Waals surface area contributed by atoms with E-state index in [0.717, 1.165) is 0 Å². The molecule has 0 bridgehead atoms. The van der Waals surface area contributed by atoms with Crippen molar-refractivity contribution in [3.05, 3.63) is 11.8 Å². The first-order chi connectivity index (χ1) is 3.77. The van der Waals surface area contributed by atoms with Crippen LogP contribution in [0.25, 0.3) is 0 Å². The molecule has 0 heterocycles. The first kappa shape index (κ1) is 7.43. The number of hydrogen-bond acceptors (Lipinski definition) is 2. The van der Waals surface area contributed by atoms with Gasteiger partial charge in [-0.05, 0) is 6.92 Å². The first-order valence-electron chi connectivity index (χ1n) is 2.31. The Morgan fingerprint density at radius 3 is 2.75 bits per heavy atom. The molecule has 0 aliphatic heterocycles. The van der Waals surface area contributed by atoms with Gasteiger partial charge in [0.2, 0.25) is 0 Å². The molecule has 44 valence electrons. The lowest BCUT2D eigenvalue weighted by Gasteiger charge is -1.89. The minimum absolute atomic E-state index is 0.182. The maximum atomic E-state index is 10.1. The van der Waals surface area contributed by atoms with Crippen molar-refractivity contribution in [1.82, 2.24) is 0 Å². The molecule has 0 aromatic heterocycles. The molecule has 8 heavy (non-hydrogen) atoms. The molecule has 2 radical (unpaired) electrons. The summed E-state index contributed by atoms with van der Waals surface area (Å²) in [4.78, 5) is 10.1. The standard InChI is InChI=1S/C5H8O2Si/c1-3-4-8-7-5(2)6/h3-4H,1-2H3/b4-3+. The van der Waals surface area contributed by atoms with E-state index in [1.54, 1.807) is 5.70 Å². The molecule has 0 aromatic rings. The number of allylic oxidation sites excluding steroid dienone is 1. The van der Waals surface area contributed by atoms with Gasteiger partial charge in [-0.2, -0.15) is 0 Å². The van der Waals surface area contributed by atoms with E-state index in [1.165, 1.54) is 6.92 Å². The van der Waals surface area contributed by atoms with E-state index in [9.17, 15) is 4.79 Å². The summed E-state index contributed by atoms with van der Waals surface area (Å²) >= 11 is 0. The van der Waals surface area contributed by atoms with Gasteiger partial charge in [0.05, 0.1) is 0 Å². The van der Waals surface area contributed by atoms with Crippen LogP contribution in [0.2, 0.25) is 0 Å². The third-order valence-electron chi connectivity index (χ3n) is 0.437. The minimum atomic E-state index is -0.221. The van der Waals surface area contributed by atoms with Crippen molar-refractivity contribution in [2.75, 3.05) is 0 Å². The van der Waals surface area contributed by atoms with Gasteiger partial charge in [0.1, 0.15) is 0 Å². The molecular formula is C5H8O2Si. The highest BCUT2D eigenvalue weighted by molar-refractivity contribution is 6.36. The highest BCUT2D eigenvalue weighted by Crippen LogP contribution is 1.73. The number of rotatable bonds is 2. The van der Waals surface area contributed by atoms with Gasteiger partial charge in [0.15, 0.2) is 0 Å². The van der Waals surface area contributed by atoms with Gasteiger partial charge < -0.3 is 4.43 Å². The third kappa shape index (κ3) is 5.43. The molecule has 0 saturated heterocycles. The van der Waals surface area contributed by atoms with Crippen LogP contribution in [-0.2, 0) is 9.22 Å². The predicted molar refractivity (Wildman–Crippen MR) is 32.3 cm³/mol. The summed E-state index contributed by atoms with van der Waals surface area (Å²) in [6, 6.07) is 0. The molecule has 2 nitrogen and oxygen atoms in total. The fourth-order valence-corrected chi connectivity index (χ4v) is 0.555. The second kappa shape index (κ2) is 4.58. The fourth-order valence-electron chi connectivity index (χ4n) is 0.185. The van der Waals surface area contributed by atoms with Gasteiger partial charge in [-0.3, -0.25) is 4.79 Å². The fraction of sp³-hybridized carbons (Fsp3) is 0.400. The summed E-state index contributed by atoms with van der Waals surface area (Å²) < 4.78 is 4.58. The number of carbonyl (C=O) groups is 1. The molecule has 0 amide bonds. The van der Waals surface area contributed by atoms with E-state index in [1.807, 2.05) is 13.0 Å². The maximum absolute atomic E-state index is 10.1. The van der Waals surface area contributed by atoms with Crippen LogP contribution in [0.5, 0.6) is 0 Å². The molecule has 0 spiro atoms. The summed E-state index contributed by atoms with van der Waals surface area (Å²) in [5.41, 5.74) is 1.81. The van der Waals surface area contributed by atoms with Crippen LogP contribution in [0.4, 0.5) is 0 Å². The molecule has 0 aliphatic carbocycles. The lowest BCUT2D eigenvalue weighted by Crippen LogP contribution is -2.00. The van der Waals surface area contributed by atoms with E-state index < -0.39 is 0 Å². The minimum Gasteiger partial charge on any atom is -0.512 e. The number of hydrogen-bond donors (Lipinski definition) is 0. The van der Waals surface area contributed by atoms with Crippen molar-refractivity contribution < 1.29 is 9.22 Å². The Balaban J connectivity index is 3.05. The van der Waals surface area contributed by atoms with Gasteiger partial charge in [-0.15, -0.1) is 0 Å². The summed E-state index contributed by atoms with van der Waals surface area (Å²) in [6.45, 7) is 3.28. The third-order valence-corrected chi connectivity index (χ3v) is 1.31. The zero-order valence-electron chi connectivity index (χ0n) is 4.97. The zero-order valence-corrected chi connectivity index (χ0v) is 5.97. The molecule has 0 saturated carbocycles. The largest absolute Gasteiger partial charge is 0.512 e. The first-order valence-corrected chi connectivity index (χ1v) is 3.30. The van der Waals surface area contributed by atoms with Gasteiger partial charge in [0.25, 0.3) is 5.97 Å². The van der Waals surface area contributed by atoms with Crippen LogP contribution in [0.1, 0.15) is 13.8 Å². The van der Waals surface area contributed by atoms with Gasteiger partial charge in [-0.25, -0.2) is 0 Å². The monoisotopic (exact) mass is 128 g/mol. The SMILES string of the molecule is C/C=C/[Si]OC(C)=O. The van der Waals surface area contributed by atoms with E-state index >= 15 is 0 Å². The van der Waals surface area contributed by atoms with Crippen LogP contribution >= 0.6 is 0 Å². The van der Waals surface area contributed by atoms with Gasteiger partial charge in [0, 0.05) is 6.92 Å². The summed E-state index contributed by atoms with van der Waals surface area (Å²) in [5, 5.41) is 0.